The number of rotatable bonds is 7. The van der Waals surface area contributed by atoms with Gasteiger partial charge in [-0.1, -0.05) is 30.9 Å². The Morgan fingerprint density at radius 2 is 1.63 bits per heavy atom. The van der Waals surface area contributed by atoms with Gasteiger partial charge in [0.05, 0.1) is 13.2 Å². The maximum absolute atomic E-state index is 12.1. The van der Waals surface area contributed by atoms with E-state index < -0.39 is 5.97 Å². The van der Waals surface area contributed by atoms with E-state index in [1.54, 1.807) is 6.07 Å². The molecule has 0 saturated carbocycles. The van der Waals surface area contributed by atoms with Crippen molar-refractivity contribution in [2.24, 2.45) is 0 Å². The van der Waals surface area contributed by atoms with E-state index in [4.69, 9.17) is 14.6 Å². The van der Waals surface area contributed by atoms with E-state index in [0.717, 1.165) is 22.1 Å². The molecule has 5 heteroatoms. The van der Waals surface area contributed by atoms with Crippen LogP contribution in [0.1, 0.15) is 41.3 Å². The minimum atomic E-state index is -0.555. The van der Waals surface area contributed by atoms with Crippen molar-refractivity contribution in [2.75, 3.05) is 19.8 Å². The number of phenolic OH excluding ortho intramolecular Hbond substituents is 1. The first-order valence-electron chi connectivity index (χ1n) is 9.90. The third kappa shape index (κ3) is 5.53. The monoisotopic (exact) mass is 404 g/mol. The molecular weight excluding hydrogens is 380 g/mol. The molecule has 30 heavy (non-hydrogen) atoms. The highest BCUT2D eigenvalue weighted by Crippen LogP contribution is 2.23. The van der Waals surface area contributed by atoms with Crippen molar-refractivity contribution < 1.29 is 24.5 Å². The second-order valence-electron chi connectivity index (χ2n) is 6.77. The van der Waals surface area contributed by atoms with Crippen LogP contribution < -0.4 is 4.74 Å². The first-order chi connectivity index (χ1) is 14.6. The lowest BCUT2D eigenvalue weighted by atomic mass is 10.1. The van der Waals surface area contributed by atoms with Gasteiger partial charge in [0, 0.05) is 24.2 Å². The largest absolute Gasteiger partial charge is 0.507 e. The highest BCUT2D eigenvalue weighted by molar-refractivity contribution is 5.93. The molecule has 3 aromatic rings. The lowest BCUT2D eigenvalue weighted by Crippen LogP contribution is -2.06. The molecular formula is C25H24O5. The van der Waals surface area contributed by atoms with Crippen LogP contribution in [-0.4, -0.2) is 36.0 Å². The number of carbonyl (C=O) groups excluding carboxylic acids is 1. The van der Waals surface area contributed by atoms with Gasteiger partial charge in [0.2, 0.25) is 0 Å². The number of hydrogen-bond acceptors (Lipinski definition) is 5. The molecule has 0 saturated heterocycles. The summed E-state index contributed by atoms with van der Waals surface area (Å²) in [6, 6.07) is 16.3. The first-order valence-corrected chi connectivity index (χ1v) is 9.90. The van der Waals surface area contributed by atoms with Crippen molar-refractivity contribution in [2.45, 2.75) is 19.8 Å². The molecule has 5 nitrogen and oxygen atoms in total. The molecule has 0 aliphatic heterocycles. The topological polar surface area (TPSA) is 76.0 Å². The van der Waals surface area contributed by atoms with Crippen LogP contribution in [0.25, 0.3) is 10.8 Å². The molecule has 2 N–H and O–H groups in total. The number of esters is 1. The van der Waals surface area contributed by atoms with E-state index in [-0.39, 0.29) is 17.9 Å². The molecule has 0 atom stereocenters. The van der Waals surface area contributed by atoms with Gasteiger partial charge in [0.25, 0.3) is 0 Å². The first kappa shape index (κ1) is 21.2. The maximum Gasteiger partial charge on any atom is 0.341 e. The molecule has 0 bridgehead atoms. The van der Waals surface area contributed by atoms with E-state index in [1.807, 2.05) is 43.3 Å². The van der Waals surface area contributed by atoms with Gasteiger partial charge < -0.3 is 19.7 Å². The fraction of sp³-hybridized carbons (Fsp3) is 0.240. The van der Waals surface area contributed by atoms with Crippen LogP contribution in [0, 0.1) is 11.8 Å². The molecule has 0 spiro atoms. The normalized spacial score (nSPS) is 10.3. The van der Waals surface area contributed by atoms with Crippen molar-refractivity contribution in [3.63, 3.8) is 0 Å². The molecule has 3 aromatic carbocycles. The molecule has 3 rings (SSSR count). The summed E-state index contributed by atoms with van der Waals surface area (Å²) in [4.78, 5) is 12.1. The third-order valence-electron chi connectivity index (χ3n) is 4.39. The summed E-state index contributed by atoms with van der Waals surface area (Å²) >= 11 is 0. The molecule has 0 amide bonds. The van der Waals surface area contributed by atoms with Crippen LogP contribution >= 0.6 is 0 Å². The molecule has 0 heterocycles. The third-order valence-corrected chi connectivity index (χ3v) is 4.39. The van der Waals surface area contributed by atoms with Gasteiger partial charge in [-0.25, -0.2) is 4.79 Å². The van der Waals surface area contributed by atoms with Crippen LogP contribution in [0.2, 0.25) is 0 Å². The number of fused-ring (bicyclic) bond motifs is 1. The summed E-state index contributed by atoms with van der Waals surface area (Å²) in [5.41, 5.74) is 1.56. The number of aliphatic hydroxyl groups is 1. The summed E-state index contributed by atoms with van der Waals surface area (Å²) < 4.78 is 10.7. The zero-order valence-corrected chi connectivity index (χ0v) is 16.9. The van der Waals surface area contributed by atoms with E-state index in [1.165, 1.54) is 12.1 Å². The SMILES string of the molecule is CCCOC(=O)c1cc(C#Cc2ccc3cc(OCCCO)ccc3c2)ccc1O. The Kier molecular flexibility index (Phi) is 7.31. The average molecular weight is 404 g/mol. The van der Waals surface area contributed by atoms with Crippen LogP contribution in [0.15, 0.2) is 54.6 Å². The number of carbonyl (C=O) groups is 1. The standard InChI is InChI=1S/C25H24O5/c1-2-13-30-25(28)23-16-19(7-11-24(23)27)5-4-18-6-8-21-17-22(29-14-3-12-26)10-9-20(21)15-18/h6-11,15-17,26-27H,2-3,12-14H2,1H3. The fourth-order valence-electron chi connectivity index (χ4n) is 2.84. The number of phenols is 1. The van der Waals surface area contributed by atoms with E-state index in [2.05, 4.69) is 11.8 Å². The Labute approximate surface area is 175 Å². The number of benzene rings is 3. The summed E-state index contributed by atoms with van der Waals surface area (Å²) in [6.07, 6.45) is 1.31. The Morgan fingerprint density at radius 1 is 0.933 bits per heavy atom. The lowest BCUT2D eigenvalue weighted by molar-refractivity contribution is 0.0501. The highest BCUT2D eigenvalue weighted by Gasteiger charge is 2.12. The quantitative estimate of drug-likeness (QED) is 0.349. The molecule has 0 fully saturated rings. The predicted octanol–water partition coefficient (Wildman–Crippen LogP) is 4.27. The van der Waals surface area contributed by atoms with Crippen molar-refractivity contribution in [3.05, 3.63) is 71.3 Å². The minimum Gasteiger partial charge on any atom is -0.507 e. The van der Waals surface area contributed by atoms with Crippen LogP contribution in [-0.2, 0) is 4.74 Å². The minimum absolute atomic E-state index is 0.109. The highest BCUT2D eigenvalue weighted by atomic mass is 16.5. The molecule has 0 aliphatic rings. The van der Waals surface area contributed by atoms with Crippen LogP contribution in [0.5, 0.6) is 11.5 Å². The number of ether oxygens (including phenoxy) is 2. The fourth-order valence-corrected chi connectivity index (χ4v) is 2.84. The Hall–Kier alpha value is -3.49. The van der Waals surface area contributed by atoms with Gasteiger partial charge in [-0.2, -0.15) is 0 Å². The second-order valence-corrected chi connectivity index (χ2v) is 6.77. The van der Waals surface area contributed by atoms with Gasteiger partial charge in [-0.3, -0.25) is 0 Å². The van der Waals surface area contributed by atoms with Crippen molar-refractivity contribution in [3.8, 4) is 23.3 Å². The van der Waals surface area contributed by atoms with Gasteiger partial charge in [0.1, 0.15) is 17.1 Å². The van der Waals surface area contributed by atoms with Crippen molar-refractivity contribution in [1.29, 1.82) is 0 Å². The molecule has 0 radical (unpaired) electrons. The van der Waals surface area contributed by atoms with Crippen LogP contribution in [0.4, 0.5) is 0 Å². The van der Waals surface area contributed by atoms with Gasteiger partial charge in [0.15, 0.2) is 0 Å². The molecule has 0 unspecified atom stereocenters. The zero-order valence-electron chi connectivity index (χ0n) is 16.9. The summed E-state index contributed by atoms with van der Waals surface area (Å²) in [6.45, 7) is 2.80. The van der Waals surface area contributed by atoms with Crippen LogP contribution in [0.3, 0.4) is 0 Å². The second kappa shape index (κ2) is 10.3. The summed E-state index contributed by atoms with van der Waals surface area (Å²) in [7, 11) is 0. The number of hydrogen-bond donors (Lipinski definition) is 2. The van der Waals surface area contributed by atoms with Gasteiger partial charge in [-0.15, -0.1) is 0 Å². The maximum atomic E-state index is 12.1. The van der Waals surface area contributed by atoms with Gasteiger partial charge in [-0.05, 0) is 59.7 Å². The molecule has 154 valence electrons. The Morgan fingerprint density at radius 3 is 2.40 bits per heavy atom. The van der Waals surface area contributed by atoms with E-state index >= 15 is 0 Å². The average Bonchev–Trinajstić information content (AvgIpc) is 2.77. The zero-order chi connectivity index (χ0) is 21.3. The van der Waals surface area contributed by atoms with E-state index in [9.17, 15) is 9.90 Å². The van der Waals surface area contributed by atoms with Crippen molar-refractivity contribution >= 4 is 16.7 Å². The van der Waals surface area contributed by atoms with Crippen molar-refractivity contribution in [1.82, 2.24) is 0 Å². The summed E-state index contributed by atoms with van der Waals surface area (Å²) in [5.74, 6) is 6.22. The Bertz CT molecular complexity index is 1090. The number of aliphatic hydroxyl groups excluding tert-OH is 1. The summed E-state index contributed by atoms with van der Waals surface area (Å²) in [5, 5.41) is 20.8. The predicted molar refractivity (Wildman–Crippen MR) is 116 cm³/mol. The van der Waals surface area contributed by atoms with E-state index in [0.29, 0.717) is 31.6 Å². The Balaban J connectivity index is 1.78. The molecule has 0 aliphatic carbocycles. The lowest BCUT2D eigenvalue weighted by Gasteiger charge is -2.06. The van der Waals surface area contributed by atoms with Gasteiger partial charge >= 0.3 is 5.97 Å². The molecule has 0 aromatic heterocycles. The smallest absolute Gasteiger partial charge is 0.341 e. The number of aromatic hydroxyl groups is 1.